The molecule has 0 atom stereocenters. The average molecular weight is 227 g/mol. The maximum atomic E-state index is 6.13. The SMILES string of the molecule is CNCCc1cc(Cl)c2sncc2c1. The van der Waals surface area contributed by atoms with Gasteiger partial charge in [0.05, 0.1) is 9.72 Å². The van der Waals surface area contributed by atoms with Crippen LogP contribution in [0.2, 0.25) is 5.02 Å². The maximum Gasteiger partial charge on any atom is 0.0736 e. The van der Waals surface area contributed by atoms with Gasteiger partial charge in [0.1, 0.15) is 0 Å². The number of aromatic nitrogens is 1. The monoisotopic (exact) mass is 226 g/mol. The number of hydrogen-bond donors (Lipinski definition) is 1. The number of hydrogen-bond acceptors (Lipinski definition) is 3. The highest BCUT2D eigenvalue weighted by Crippen LogP contribution is 2.28. The number of nitrogens with zero attached hydrogens (tertiary/aromatic N) is 1. The molecule has 1 heterocycles. The second-order valence-corrected chi connectivity index (χ2v) is 4.38. The van der Waals surface area contributed by atoms with E-state index in [2.05, 4.69) is 15.8 Å². The molecule has 74 valence electrons. The molecule has 0 unspecified atom stereocenters. The van der Waals surface area contributed by atoms with Gasteiger partial charge in [-0.2, -0.15) is 4.37 Å². The first-order valence-electron chi connectivity index (χ1n) is 4.48. The third-order valence-electron chi connectivity index (χ3n) is 2.13. The van der Waals surface area contributed by atoms with Gasteiger partial charge in [-0.3, -0.25) is 0 Å². The Morgan fingerprint density at radius 2 is 2.36 bits per heavy atom. The van der Waals surface area contributed by atoms with Crippen LogP contribution in [0.3, 0.4) is 0 Å². The summed E-state index contributed by atoms with van der Waals surface area (Å²) in [5.74, 6) is 0. The van der Waals surface area contributed by atoms with E-state index >= 15 is 0 Å². The predicted molar refractivity (Wildman–Crippen MR) is 62.3 cm³/mol. The highest BCUT2D eigenvalue weighted by atomic mass is 35.5. The molecule has 0 spiro atoms. The third kappa shape index (κ3) is 1.90. The first-order chi connectivity index (χ1) is 6.81. The van der Waals surface area contributed by atoms with Gasteiger partial charge >= 0.3 is 0 Å². The van der Waals surface area contributed by atoms with Crippen molar-refractivity contribution < 1.29 is 0 Å². The molecule has 1 aromatic carbocycles. The molecule has 0 bridgehead atoms. The summed E-state index contributed by atoms with van der Waals surface area (Å²) in [5, 5.41) is 5.08. The summed E-state index contributed by atoms with van der Waals surface area (Å²) >= 11 is 7.58. The van der Waals surface area contributed by atoms with Crippen molar-refractivity contribution in [2.45, 2.75) is 6.42 Å². The Morgan fingerprint density at radius 3 is 3.14 bits per heavy atom. The van der Waals surface area contributed by atoms with Crippen LogP contribution >= 0.6 is 23.1 Å². The lowest BCUT2D eigenvalue weighted by Crippen LogP contribution is -2.10. The molecular weight excluding hydrogens is 216 g/mol. The van der Waals surface area contributed by atoms with Crippen LogP contribution < -0.4 is 5.32 Å². The summed E-state index contributed by atoms with van der Waals surface area (Å²) in [4.78, 5) is 0. The van der Waals surface area contributed by atoms with E-state index in [1.807, 2.05) is 19.3 Å². The molecule has 2 nitrogen and oxygen atoms in total. The Kier molecular flexibility index (Phi) is 3.01. The number of benzene rings is 1. The molecule has 0 aliphatic heterocycles. The molecule has 0 aliphatic carbocycles. The van der Waals surface area contributed by atoms with E-state index in [9.17, 15) is 0 Å². The number of halogens is 1. The van der Waals surface area contributed by atoms with Crippen molar-refractivity contribution in [2.75, 3.05) is 13.6 Å². The zero-order valence-corrected chi connectivity index (χ0v) is 9.45. The van der Waals surface area contributed by atoms with Crippen LogP contribution in [0, 0.1) is 0 Å². The third-order valence-corrected chi connectivity index (χ3v) is 3.39. The number of nitrogens with one attached hydrogen (secondary N) is 1. The Labute approximate surface area is 92.1 Å². The first kappa shape index (κ1) is 9.90. The fraction of sp³-hybridized carbons (Fsp3) is 0.300. The molecule has 0 radical (unpaired) electrons. The van der Waals surface area contributed by atoms with Crippen LogP contribution in [0.1, 0.15) is 5.56 Å². The van der Waals surface area contributed by atoms with Gasteiger partial charge in [-0.15, -0.1) is 0 Å². The van der Waals surface area contributed by atoms with Crippen molar-refractivity contribution in [2.24, 2.45) is 0 Å². The highest BCUT2D eigenvalue weighted by molar-refractivity contribution is 7.14. The second-order valence-electron chi connectivity index (χ2n) is 3.18. The summed E-state index contributed by atoms with van der Waals surface area (Å²) in [7, 11) is 1.95. The van der Waals surface area contributed by atoms with Gasteiger partial charge in [0.2, 0.25) is 0 Å². The van der Waals surface area contributed by atoms with Crippen LogP contribution in [0.4, 0.5) is 0 Å². The van der Waals surface area contributed by atoms with Gasteiger partial charge in [-0.25, -0.2) is 0 Å². The van der Waals surface area contributed by atoms with E-state index < -0.39 is 0 Å². The van der Waals surface area contributed by atoms with Gasteiger partial charge in [-0.1, -0.05) is 11.6 Å². The normalized spacial score (nSPS) is 11.0. The smallest absolute Gasteiger partial charge is 0.0736 e. The summed E-state index contributed by atoms with van der Waals surface area (Å²) in [6.07, 6.45) is 2.87. The van der Waals surface area contributed by atoms with Crippen molar-refractivity contribution in [3.63, 3.8) is 0 Å². The molecule has 1 N–H and O–H groups in total. The molecular formula is C10H11ClN2S. The van der Waals surface area contributed by atoms with Crippen molar-refractivity contribution in [1.82, 2.24) is 9.69 Å². The van der Waals surface area contributed by atoms with Crippen LogP contribution in [-0.2, 0) is 6.42 Å². The molecule has 0 fully saturated rings. The van der Waals surface area contributed by atoms with Crippen LogP contribution in [0.15, 0.2) is 18.3 Å². The van der Waals surface area contributed by atoms with E-state index in [-0.39, 0.29) is 0 Å². The van der Waals surface area contributed by atoms with Crippen molar-refractivity contribution >= 4 is 33.2 Å². The van der Waals surface area contributed by atoms with E-state index in [0.717, 1.165) is 28.1 Å². The van der Waals surface area contributed by atoms with Gasteiger partial charge in [-0.05, 0) is 49.2 Å². The van der Waals surface area contributed by atoms with Crippen LogP contribution in [0.5, 0.6) is 0 Å². The summed E-state index contributed by atoms with van der Waals surface area (Å²) < 4.78 is 5.21. The van der Waals surface area contributed by atoms with E-state index in [4.69, 9.17) is 11.6 Å². The minimum Gasteiger partial charge on any atom is -0.319 e. The standard InChI is InChI=1S/C10H11ClN2S/c1-12-3-2-7-4-8-6-13-14-10(8)9(11)5-7/h4-6,12H,2-3H2,1H3. The van der Waals surface area contributed by atoms with Crippen LogP contribution in [0.25, 0.3) is 10.1 Å². The average Bonchev–Trinajstić information content (AvgIpc) is 2.63. The molecule has 4 heteroatoms. The first-order valence-corrected chi connectivity index (χ1v) is 5.64. The van der Waals surface area contributed by atoms with E-state index in [0.29, 0.717) is 0 Å². The van der Waals surface area contributed by atoms with Gasteiger partial charge in [0, 0.05) is 11.6 Å². The largest absolute Gasteiger partial charge is 0.319 e. The van der Waals surface area contributed by atoms with Crippen LogP contribution in [-0.4, -0.2) is 18.0 Å². The van der Waals surface area contributed by atoms with E-state index in [1.165, 1.54) is 17.1 Å². The van der Waals surface area contributed by atoms with Gasteiger partial charge < -0.3 is 5.32 Å². The topological polar surface area (TPSA) is 24.9 Å². The Morgan fingerprint density at radius 1 is 1.50 bits per heavy atom. The van der Waals surface area contributed by atoms with Gasteiger partial charge in [0.15, 0.2) is 0 Å². The predicted octanol–water partition coefficient (Wildman–Crippen LogP) is 2.71. The summed E-state index contributed by atoms with van der Waals surface area (Å²) in [6.45, 7) is 0.972. The lowest BCUT2D eigenvalue weighted by atomic mass is 10.1. The van der Waals surface area contributed by atoms with Crippen molar-refractivity contribution in [1.29, 1.82) is 0 Å². The second kappa shape index (κ2) is 4.26. The molecule has 2 aromatic rings. The quantitative estimate of drug-likeness (QED) is 0.871. The zero-order chi connectivity index (χ0) is 9.97. The lowest BCUT2D eigenvalue weighted by molar-refractivity contribution is 0.792. The van der Waals surface area contributed by atoms with Gasteiger partial charge in [0.25, 0.3) is 0 Å². The molecule has 0 saturated carbocycles. The van der Waals surface area contributed by atoms with Crippen molar-refractivity contribution in [3.8, 4) is 0 Å². The summed E-state index contributed by atoms with van der Waals surface area (Å²) in [5.41, 5.74) is 1.26. The number of likely N-dealkylation sites (N-methyl/N-ethyl adjacent to an activating group) is 1. The molecule has 0 aliphatic rings. The summed E-state index contributed by atoms with van der Waals surface area (Å²) in [6, 6.07) is 4.18. The highest BCUT2D eigenvalue weighted by Gasteiger charge is 2.03. The number of fused-ring (bicyclic) bond motifs is 1. The lowest BCUT2D eigenvalue weighted by Gasteiger charge is -2.02. The van der Waals surface area contributed by atoms with E-state index in [1.54, 1.807) is 0 Å². The molecule has 2 rings (SSSR count). The fourth-order valence-corrected chi connectivity index (χ4v) is 2.40. The minimum atomic E-state index is 0.816. The molecule has 1 aromatic heterocycles. The molecule has 0 amide bonds. The zero-order valence-electron chi connectivity index (χ0n) is 7.88. The van der Waals surface area contributed by atoms with Crippen molar-refractivity contribution in [3.05, 3.63) is 28.9 Å². The Bertz CT molecular complexity index is 439. The number of rotatable bonds is 3. The Hall–Kier alpha value is -0.640. The Balaban J connectivity index is 2.38. The maximum absolute atomic E-state index is 6.13. The molecule has 14 heavy (non-hydrogen) atoms. The molecule has 0 saturated heterocycles. The minimum absolute atomic E-state index is 0.816. The fourth-order valence-electron chi connectivity index (χ4n) is 1.41.